The average molecular weight is 426 g/mol. The summed E-state index contributed by atoms with van der Waals surface area (Å²) < 4.78 is 11.9. The topological polar surface area (TPSA) is 87.5 Å². The van der Waals surface area contributed by atoms with Crippen LogP contribution in [-0.4, -0.2) is 41.0 Å². The molecule has 1 aromatic carbocycles. The fourth-order valence-corrected chi connectivity index (χ4v) is 4.12. The summed E-state index contributed by atoms with van der Waals surface area (Å²) in [7, 11) is 1.33. The number of carbonyl (C=O) groups is 3. The van der Waals surface area contributed by atoms with E-state index in [4.69, 9.17) is 9.47 Å². The third-order valence-electron chi connectivity index (χ3n) is 4.70. The molecule has 0 amide bonds. The molecule has 0 aliphatic carbocycles. The van der Waals surface area contributed by atoms with Gasteiger partial charge in [0.05, 0.1) is 23.4 Å². The van der Waals surface area contributed by atoms with Crippen molar-refractivity contribution in [3.63, 3.8) is 0 Å². The zero-order chi connectivity index (χ0) is 22.0. The van der Waals surface area contributed by atoms with Crippen molar-refractivity contribution < 1.29 is 23.9 Å². The van der Waals surface area contributed by atoms with Crippen LogP contribution >= 0.6 is 11.3 Å². The van der Waals surface area contributed by atoms with Crippen LogP contribution in [-0.2, 0) is 9.47 Å². The maximum absolute atomic E-state index is 12.7. The van der Waals surface area contributed by atoms with E-state index in [1.54, 1.807) is 37.3 Å². The minimum atomic E-state index is -0.543. The van der Waals surface area contributed by atoms with Gasteiger partial charge in [0.2, 0.25) is 5.78 Å². The Balaban J connectivity index is 1.77. The van der Waals surface area contributed by atoms with Crippen LogP contribution in [0.5, 0.6) is 0 Å². The summed E-state index contributed by atoms with van der Waals surface area (Å²) in [5.74, 6) is -1.24. The van der Waals surface area contributed by atoms with Gasteiger partial charge in [-0.25, -0.2) is 14.6 Å². The van der Waals surface area contributed by atoms with Gasteiger partial charge in [0, 0.05) is 22.6 Å². The van der Waals surface area contributed by atoms with Gasteiger partial charge in [-0.05, 0) is 58.0 Å². The van der Waals surface area contributed by atoms with Crippen LogP contribution in [0.4, 0.5) is 0 Å². The van der Waals surface area contributed by atoms with Crippen LogP contribution in [0.2, 0.25) is 0 Å². The fourth-order valence-electron chi connectivity index (χ4n) is 3.30. The highest BCUT2D eigenvalue weighted by atomic mass is 32.1. The first-order valence-electron chi connectivity index (χ1n) is 9.25. The van der Waals surface area contributed by atoms with Crippen LogP contribution in [0.3, 0.4) is 0 Å². The second kappa shape index (κ2) is 8.62. The van der Waals surface area contributed by atoms with Gasteiger partial charge in [0.15, 0.2) is 6.61 Å². The summed E-state index contributed by atoms with van der Waals surface area (Å²) in [6, 6.07) is 8.68. The maximum Gasteiger partial charge on any atom is 0.350 e. The summed E-state index contributed by atoms with van der Waals surface area (Å²) in [5.41, 5.74) is 3.91. The van der Waals surface area contributed by atoms with Gasteiger partial charge in [0.1, 0.15) is 4.88 Å². The molecule has 7 nitrogen and oxygen atoms in total. The number of rotatable bonds is 6. The van der Waals surface area contributed by atoms with Gasteiger partial charge in [-0.1, -0.05) is 0 Å². The Labute approximate surface area is 178 Å². The predicted molar refractivity (Wildman–Crippen MR) is 113 cm³/mol. The van der Waals surface area contributed by atoms with E-state index < -0.39 is 11.9 Å². The SMILES string of the molecule is COC(=O)c1ccc(-n2c(C)cc(C(=O)COC(=O)c3sc(C)nc3C)c2C)cc1. The number of benzene rings is 1. The van der Waals surface area contributed by atoms with Gasteiger partial charge in [-0.3, -0.25) is 4.79 Å². The van der Waals surface area contributed by atoms with E-state index in [1.807, 2.05) is 25.3 Å². The van der Waals surface area contributed by atoms with Crippen LogP contribution in [0, 0.1) is 27.7 Å². The van der Waals surface area contributed by atoms with Crippen LogP contribution in [0.15, 0.2) is 30.3 Å². The lowest BCUT2D eigenvalue weighted by Crippen LogP contribution is -2.15. The molecule has 0 atom stereocenters. The minimum absolute atomic E-state index is 0.284. The molecule has 2 heterocycles. The van der Waals surface area contributed by atoms with Crippen molar-refractivity contribution in [2.45, 2.75) is 27.7 Å². The zero-order valence-corrected chi connectivity index (χ0v) is 18.3. The van der Waals surface area contributed by atoms with Crippen molar-refractivity contribution in [1.82, 2.24) is 9.55 Å². The minimum Gasteiger partial charge on any atom is -0.465 e. The molecule has 30 heavy (non-hydrogen) atoms. The molecule has 0 bridgehead atoms. The number of aryl methyl sites for hydroxylation is 3. The summed E-state index contributed by atoms with van der Waals surface area (Å²) in [6.07, 6.45) is 0. The number of nitrogens with zero attached hydrogens (tertiary/aromatic N) is 2. The molecule has 0 aliphatic rings. The van der Waals surface area contributed by atoms with E-state index in [0.29, 0.717) is 21.7 Å². The lowest BCUT2D eigenvalue weighted by Gasteiger charge is -2.10. The van der Waals surface area contributed by atoms with E-state index in [9.17, 15) is 14.4 Å². The number of hydrogen-bond acceptors (Lipinski definition) is 7. The van der Waals surface area contributed by atoms with Crippen LogP contribution in [0.1, 0.15) is 52.5 Å². The lowest BCUT2D eigenvalue weighted by molar-refractivity contribution is 0.0478. The molecule has 0 aliphatic heterocycles. The van der Waals surface area contributed by atoms with E-state index >= 15 is 0 Å². The molecule has 3 aromatic rings. The molecule has 0 radical (unpaired) electrons. The highest BCUT2D eigenvalue weighted by Crippen LogP contribution is 2.23. The van der Waals surface area contributed by atoms with Gasteiger partial charge < -0.3 is 14.0 Å². The number of methoxy groups -OCH3 is 1. The standard InChI is InChI=1S/C22H22N2O5S/c1-12-10-18(19(25)11-29-22(27)20-13(2)23-15(4)30-20)14(3)24(12)17-8-6-16(7-9-17)21(26)28-5/h6-10H,11H2,1-5H3. The monoisotopic (exact) mass is 426 g/mol. The van der Waals surface area contributed by atoms with E-state index in [1.165, 1.54) is 18.4 Å². The van der Waals surface area contributed by atoms with Gasteiger partial charge in [-0.2, -0.15) is 0 Å². The third-order valence-corrected chi connectivity index (χ3v) is 5.75. The van der Waals surface area contributed by atoms with Gasteiger partial charge >= 0.3 is 11.9 Å². The van der Waals surface area contributed by atoms with Crippen LogP contribution < -0.4 is 0 Å². The highest BCUT2D eigenvalue weighted by Gasteiger charge is 2.21. The van der Waals surface area contributed by atoms with Crippen molar-refractivity contribution in [3.8, 4) is 5.69 Å². The molecule has 3 rings (SSSR count). The fraction of sp³-hybridized carbons (Fsp3) is 0.273. The molecule has 0 unspecified atom stereocenters. The first-order chi connectivity index (χ1) is 14.2. The van der Waals surface area contributed by atoms with Crippen molar-refractivity contribution in [2.75, 3.05) is 13.7 Å². The van der Waals surface area contributed by atoms with Crippen molar-refractivity contribution in [2.24, 2.45) is 0 Å². The largest absolute Gasteiger partial charge is 0.465 e. The Kier molecular flexibility index (Phi) is 6.17. The predicted octanol–water partition coefficient (Wildman–Crippen LogP) is 3.99. The molecular formula is C22H22N2O5S. The Hall–Kier alpha value is -3.26. The van der Waals surface area contributed by atoms with E-state index in [2.05, 4.69) is 4.98 Å². The first kappa shape index (κ1) is 21.4. The molecule has 8 heteroatoms. The highest BCUT2D eigenvalue weighted by molar-refractivity contribution is 7.13. The Morgan fingerprint density at radius 3 is 2.27 bits per heavy atom. The Morgan fingerprint density at radius 1 is 1.03 bits per heavy atom. The number of aromatic nitrogens is 2. The molecule has 156 valence electrons. The quantitative estimate of drug-likeness (QED) is 0.437. The molecular weight excluding hydrogens is 404 g/mol. The summed E-state index contributed by atoms with van der Waals surface area (Å²) >= 11 is 1.25. The molecule has 0 N–H and O–H groups in total. The number of ketones is 1. The summed E-state index contributed by atoms with van der Waals surface area (Å²) in [4.78, 5) is 41.2. The second-order valence-corrected chi connectivity index (χ2v) is 8.01. The molecule has 0 spiro atoms. The third kappa shape index (κ3) is 4.18. The smallest absolute Gasteiger partial charge is 0.350 e. The molecule has 2 aromatic heterocycles. The van der Waals surface area contributed by atoms with Crippen molar-refractivity contribution in [3.05, 3.63) is 68.4 Å². The average Bonchev–Trinajstić information content (AvgIpc) is 3.22. The normalized spacial score (nSPS) is 10.7. The lowest BCUT2D eigenvalue weighted by atomic mass is 10.1. The summed E-state index contributed by atoms with van der Waals surface area (Å²) in [5, 5.41) is 0.771. The van der Waals surface area contributed by atoms with Crippen molar-refractivity contribution in [1.29, 1.82) is 0 Å². The number of thiazole rings is 1. The number of esters is 2. The van der Waals surface area contributed by atoms with E-state index in [-0.39, 0.29) is 12.4 Å². The second-order valence-electron chi connectivity index (χ2n) is 6.81. The number of carbonyl (C=O) groups excluding carboxylic acids is 3. The van der Waals surface area contributed by atoms with Crippen molar-refractivity contribution >= 4 is 29.1 Å². The van der Waals surface area contributed by atoms with Gasteiger partial charge in [-0.15, -0.1) is 11.3 Å². The first-order valence-corrected chi connectivity index (χ1v) is 10.1. The maximum atomic E-state index is 12.7. The number of Topliss-reactive ketones (excluding diaryl/α,β-unsaturated/α-hetero) is 1. The Morgan fingerprint density at radius 2 is 1.70 bits per heavy atom. The molecule has 0 fully saturated rings. The zero-order valence-electron chi connectivity index (χ0n) is 17.4. The summed E-state index contributed by atoms with van der Waals surface area (Å²) in [6.45, 7) is 6.91. The molecule has 0 saturated heterocycles. The van der Waals surface area contributed by atoms with Crippen LogP contribution in [0.25, 0.3) is 5.69 Å². The molecule has 0 saturated carbocycles. The van der Waals surface area contributed by atoms with E-state index in [0.717, 1.165) is 22.1 Å². The number of hydrogen-bond donors (Lipinski definition) is 0. The Bertz CT molecular complexity index is 1130. The van der Waals surface area contributed by atoms with Gasteiger partial charge in [0.25, 0.3) is 0 Å². The number of ether oxygens (including phenoxy) is 2.